The van der Waals surface area contributed by atoms with Crippen LogP contribution in [0.5, 0.6) is 0 Å². The lowest BCUT2D eigenvalue weighted by molar-refractivity contribution is 0.481. The smallest absolute Gasteiger partial charge is 0.338 e. The molecule has 33 heteroatoms. The Morgan fingerprint density at radius 3 is 1.76 bits per heavy atom. The van der Waals surface area contributed by atoms with E-state index in [0.717, 1.165) is 57.5 Å². The standard InChI is InChI=1S/C66H46N10O13S6.O3S/c1-38-14-16-40(17-15-38)28-58-56(36-67)39(2)63(64(70-58)69-47-24-26-51(27-25-47)93(81,82)83)72-73-65-57(37-68)62(46-19-18-41-8-3-4-9-43(41)29-46)66(90-65)74-71-48-22-21-45-31-52(91(77,78)76-50-30-44-10-5-6-12-53(44)61(34-50)95(87,88)89)35-60(55(45)32-48)92(79,80)75-49-23-20-42-11-7-13-59(54(42)33-49)94(84,85)86;1-4(2)3/h3-27,29-35,75-76H,28H2,1-2H3,(H,69,70)(H,81,82,83)(H,84,85,86)(H,87,88,89);. The van der Waals surface area contributed by atoms with E-state index in [1.165, 1.54) is 97.1 Å². The van der Waals surface area contributed by atoms with Crippen LogP contribution >= 0.6 is 11.3 Å². The van der Waals surface area contributed by atoms with Crippen molar-refractivity contribution in [2.75, 3.05) is 14.8 Å². The lowest BCUT2D eigenvalue weighted by Crippen LogP contribution is -2.17. The maximum absolute atomic E-state index is 15.0. The molecule has 26 nitrogen and oxygen atoms in total. The zero-order chi connectivity index (χ0) is 70.9. The Hall–Kier alpha value is -11.1. The first-order chi connectivity index (χ1) is 46.9. The van der Waals surface area contributed by atoms with Crippen molar-refractivity contribution in [2.24, 2.45) is 20.5 Å². The molecule has 0 radical (unpaired) electrons. The highest BCUT2D eigenvalue weighted by Gasteiger charge is 2.28. The van der Waals surface area contributed by atoms with Gasteiger partial charge in [-0.05, 0) is 137 Å². The lowest BCUT2D eigenvalue weighted by Gasteiger charge is -2.16. The molecule has 0 spiro atoms. The van der Waals surface area contributed by atoms with E-state index >= 15 is 0 Å². The molecule has 2 heterocycles. The highest BCUT2D eigenvalue weighted by molar-refractivity contribution is 7.93. The van der Waals surface area contributed by atoms with Crippen LogP contribution in [-0.4, -0.2) is 73.4 Å². The van der Waals surface area contributed by atoms with Gasteiger partial charge in [0, 0.05) is 45.1 Å². The summed E-state index contributed by atoms with van der Waals surface area (Å²) in [6, 6.07) is 52.4. The summed E-state index contributed by atoms with van der Waals surface area (Å²) in [5.41, 5.74) is 3.37. The maximum atomic E-state index is 15.0. The number of hydrogen-bond donors (Lipinski definition) is 6. The Balaban J connectivity index is 0.00000241. The van der Waals surface area contributed by atoms with Crippen molar-refractivity contribution in [3.05, 3.63) is 228 Å². The van der Waals surface area contributed by atoms with Crippen LogP contribution in [-0.2, 0) is 67.4 Å². The first-order valence-electron chi connectivity index (χ1n) is 28.5. The normalized spacial score (nSPS) is 12.2. The van der Waals surface area contributed by atoms with Crippen LogP contribution in [0.4, 0.5) is 44.3 Å². The van der Waals surface area contributed by atoms with E-state index in [0.29, 0.717) is 27.9 Å². The molecule has 0 saturated carbocycles. The summed E-state index contributed by atoms with van der Waals surface area (Å²) >= 11 is 0.899. The molecule has 0 bridgehead atoms. The zero-order valence-electron chi connectivity index (χ0n) is 50.8. The second-order valence-electron chi connectivity index (χ2n) is 21.8. The van der Waals surface area contributed by atoms with E-state index in [-0.39, 0.29) is 93.5 Å². The topological polar surface area (TPSA) is 429 Å². The number of anilines is 4. The number of pyridine rings is 1. The van der Waals surface area contributed by atoms with Gasteiger partial charge < -0.3 is 5.32 Å². The molecule has 0 aliphatic heterocycles. The van der Waals surface area contributed by atoms with Gasteiger partial charge in [0.05, 0.1) is 37.3 Å². The number of nitriles is 2. The fourth-order valence-corrected chi connectivity index (χ4v) is 16.0. The molecule has 498 valence electrons. The van der Waals surface area contributed by atoms with Gasteiger partial charge in [-0.15, -0.1) is 33.1 Å². The summed E-state index contributed by atoms with van der Waals surface area (Å²) in [4.78, 5) is 2.06. The van der Waals surface area contributed by atoms with Crippen LogP contribution in [0.3, 0.4) is 0 Å². The molecule has 0 atom stereocenters. The van der Waals surface area contributed by atoms with Gasteiger partial charge in [0.1, 0.15) is 38.2 Å². The molecular weight excluding hydrogens is 1410 g/mol. The second-order valence-corrected chi connectivity index (χ2v) is 30.7. The summed E-state index contributed by atoms with van der Waals surface area (Å²) < 4.78 is 193. The minimum absolute atomic E-state index is 0.00331. The fourth-order valence-electron chi connectivity index (χ4n) is 10.7. The van der Waals surface area contributed by atoms with E-state index in [4.69, 9.17) is 17.6 Å². The molecule has 0 aliphatic carbocycles. The minimum atomic E-state index is -4.95. The monoisotopic (exact) mass is 1460 g/mol. The summed E-state index contributed by atoms with van der Waals surface area (Å²) in [6.07, 6.45) is 0.224. The summed E-state index contributed by atoms with van der Waals surface area (Å²) in [5.74, 6) is 0.0910. The van der Waals surface area contributed by atoms with Crippen LogP contribution in [0.2, 0.25) is 0 Å². The summed E-state index contributed by atoms with van der Waals surface area (Å²) in [5, 5.41) is 45.6. The average Bonchev–Trinajstić information content (AvgIpc) is 1.03. The molecule has 0 aliphatic rings. The molecule has 0 unspecified atom stereocenters. The summed E-state index contributed by atoms with van der Waals surface area (Å²) in [7, 11) is -27.2. The van der Waals surface area contributed by atoms with Gasteiger partial charge in [-0.2, -0.15) is 35.8 Å². The van der Waals surface area contributed by atoms with Crippen LogP contribution in [0.25, 0.3) is 54.2 Å². The van der Waals surface area contributed by atoms with Gasteiger partial charge >= 0.3 is 10.6 Å². The van der Waals surface area contributed by atoms with Crippen LogP contribution in [0, 0.1) is 36.5 Å². The third-order valence-electron chi connectivity index (χ3n) is 15.2. The third-order valence-corrected chi connectivity index (χ3v) is 21.6. The third kappa shape index (κ3) is 15.4. The molecule has 0 saturated heterocycles. The predicted octanol–water partition coefficient (Wildman–Crippen LogP) is 14.3. The number of aryl methyl sites for hydroxylation is 1. The Kier molecular flexibility index (Phi) is 19.2. The lowest BCUT2D eigenvalue weighted by atomic mass is 10.00. The van der Waals surface area contributed by atoms with Crippen molar-refractivity contribution >= 4 is 160 Å². The number of sulfonamides is 2. The fraction of sp³-hybridized carbons (Fsp3) is 0.0455. The summed E-state index contributed by atoms with van der Waals surface area (Å²) in [6.45, 7) is 3.59. The molecule has 6 N–H and O–H groups in total. The van der Waals surface area contributed by atoms with Crippen molar-refractivity contribution in [1.82, 2.24) is 4.98 Å². The van der Waals surface area contributed by atoms with E-state index in [9.17, 15) is 66.3 Å². The largest absolute Gasteiger partial charge is 0.425 e. The number of nitrogens with zero attached hydrogens (tertiary/aromatic N) is 7. The van der Waals surface area contributed by atoms with E-state index in [1.54, 1.807) is 19.1 Å². The quantitative estimate of drug-likeness (QED) is 0.0343. The van der Waals surface area contributed by atoms with Crippen LogP contribution < -0.4 is 14.8 Å². The average molecular weight is 1460 g/mol. The van der Waals surface area contributed by atoms with Gasteiger partial charge in [0.15, 0.2) is 10.8 Å². The number of hydrogen-bond acceptors (Lipinski definition) is 22. The van der Waals surface area contributed by atoms with Gasteiger partial charge in [-0.3, -0.25) is 23.1 Å². The van der Waals surface area contributed by atoms with Crippen molar-refractivity contribution < 1.29 is 68.4 Å². The maximum Gasteiger partial charge on any atom is 0.425 e. The number of nitrogens with one attached hydrogen (secondary N) is 3. The highest BCUT2D eigenvalue weighted by atomic mass is 32.2. The van der Waals surface area contributed by atoms with Gasteiger partial charge in [-0.25, -0.2) is 21.8 Å². The number of azo groups is 2. The van der Waals surface area contributed by atoms with Crippen molar-refractivity contribution in [2.45, 2.75) is 44.7 Å². The van der Waals surface area contributed by atoms with Crippen molar-refractivity contribution in [1.29, 1.82) is 10.5 Å². The number of rotatable bonds is 18. The first-order valence-corrected chi connectivity index (χ1v) is 37.6. The number of fused-ring (bicyclic) bond motifs is 4. The van der Waals surface area contributed by atoms with Gasteiger partial charge in [0.25, 0.3) is 50.4 Å². The Labute approximate surface area is 570 Å². The molecule has 12 rings (SSSR count). The number of benzene rings is 10. The van der Waals surface area contributed by atoms with E-state index in [2.05, 4.69) is 47.4 Å². The highest BCUT2D eigenvalue weighted by Crippen LogP contribution is 2.49. The van der Waals surface area contributed by atoms with Crippen molar-refractivity contribution in [3.8, 4) is 23.3 Å². The number of aromatic nitrogens is 1. The first kappa shape index (κ1) is 69.3. The number of thiophene rings is 1. The van der Waals surface area contributed by atoms with Crippen LogP contribution in [0.1, 0.15) is 33.5 Å². The zero-order valence-corrected chi connectivity index (χ0v) is 56.5. The van der Waals surface area contributed by atoms with E-state index < -0.39 is 80.6 Å². The molecule has 0 amide bonds. The molecule has 0 fully saturated rings. The Morgan fingerprint density at radius 2 is 1.08 bits per heavy atom. The Morgan fingerprint density at radius 1 is 0.485 bits per heavy atom. The van der Waals surface area contributed by atoms with Gasteiger partial charge in [0.2, 0.25) is 0 Å². The molecule has 12 aromatic rings. The minimum Gasteiger partial charge on any atom is -0.338 e. The predicted molar refractivity (Wildman–Crippen MR) is 370 cm³/mol. The van der Waals surface area contributed by atoms with Crippen molar-refractivity contribution in [3.63, 3.8) is 0 Å². The molecule has 2 aromatic heterocycles. The molecular formula is C66H46N10O16S7. The van der Waals surface area contributed by atoms with Gasteiger partial charge in [-0.1, -0.05) is 126 Å². The van der Waals surface area contributed by atoms with Crippen LogP contribution in [0.15, 0.2) is 239 Å². The Bertz CT molecular complexity index is 6240. The molecule has 10 aromatic carbocycles. The SMILES string of the molecule is Cc1ccc(Cc2nc(Nc3ccc(S(=O)(=O)O)cc3)c(N=Nc3sc(N=Nc4ccc5cc(S(=O)(=O)Nc6cc(S(=O)(=O)O)c7ccccc7c6)cc(S(=O)(=O)Nc6ccc7cccc(S(=O)(=O)O)c7c6)c5c4)c(-c4ccc5ccccc5c4)c3C#N)c(C)c2C#N)cc1.O=S(=O)=O. The van der Waals surface area contributed by atoms with E-state index in [1.807, 2.05) is 67.6 Å². The molecule has 99 heavy (non-hydrogen) atoms. The second kappa shape index (κ2) is 27.4.